The van der Waals surface area contributed by atoms with Gasteiger partial charge in [0.2, 0.25) is 23.5 Å². The highest BCUT2D eigenvalue weighted by atomic mass is 35.5. The molecule has 0 unspecified atom stereocenters. The SMILES string of the molecule is CCCNc1nc(C#Cc2ccc(Cl)s2)nc2c1ncn2[C@H]1[C@H](OC(=O)CNC(=O)CN(C)C)[C@H](OC(=O)CNC(=O)CN(C)C)[C@]2(C(=O)NC)C[C@H]12.O=CO. The van der Waals surface area contributed by atoms with Crippen molar-refractivity contribution in [3.63, 3.8) is 0 Å². The molecule has 3 aromatic rings. The van der Waals surface area contributed by atoms with E-state index in [-0.39, 0.29) is 31.8 Å². The maximum Gasteiger partial charge on any atom is 0.325 e. The van der Waals surface area contributed by atoms with Gasteiger partial charge in [-0.2, -0.15) is 0 Å². The Bertz CT molecular complexity index is 1990. The van der Waals surface area contributed by atoms with Crippen molar-refractivity contribution in [1.29, 1.82) is 0 Å². The first kappa shape index (κ1) is 43.4. The summed E-state index contributed by atoms with van der Waals surface area (Å²) in [6.45, 7) is 1.48. The molecule has 0 spiro atoms. The Balaban J connectivity index is 0.00000225. The van der Waals surface area contributed by atoms with Crippen LogP contribution in [0.3, 0.4) is 0 Å². The van der Waals surface area contributed by atoms with Crippen LogP contribution < -0.4 is 21.3 Å². The highest BCUT2D eigenvalue weighted by Gasteiger charge is 2.78. The molecule has 302 valence electrons. The molecule has 0 aromatic carbocycles. The number of thiophene rings is 1. The van der Waals surface area contributed by atoms with E-state index in [0.29, 0.717) is 32.7 Å². The van der Waals surface area contributed by atoms with E-state index in [1.54, 1.807) is 54.7 Å². The van der Waals surface area contributed by atoms with E-state index in [1.165, 1.54) is 24.7 Å². The van der Waals surface area contributed by atoms with Gasteiger partial charge in [0.25, 0.3) is 6.47 Å². The summed E-state index contributed by atoms with van der Waals surface area (Å²) < 4.78 is 14.3. The summed E-state index contributed by atoms with van der Waals surface area (Å²) in [4.78, 5) is 91.4. The van der Waals surface area contributed by atoms with Crippen molar-refractivity contribution in [1.82, 2.24) is 45.3 Å². The molecular formula is C35H45ClN10O9S. The molecule has 2 aliphatic carbocycles. The zero-order valence-corrected chi connectivity index (χ0v) is 33.3. The number of ether oxygens (including phenoxy) is 2. The number of rotatable bonds is 15. The molecule has 56 heavy (non-hydrogen) atoms. The predicted octanol–water partition coefficient (Wildman–Crippen LogP) is -0.0501. The summed E-state index contributed by atoms with van der Waals surface area (Å²) in [5.41, 5.74) is -0.520. The third-order valence-electron chi connectivity index (χ3n) is 8.73. The van der Waals surface area contributed by atoms with Crippen LogP contribution >= 0.6 is 22.9 Å². The Labute approximate surface area is 331 Å². The van der Waals surface area contributed by atoms with Crippen LogP contribution in [0.25, 0.3) is 11.2 Å². The Morgan fingerprint density at radius 2 is 1.66 bits per heavy atom. The fraction of sp³-hybridized carbons (Fsp3) is 0.514. The molecular weight excluding hydrogens is 772 g/mol. The quantitative estimate of drug-likeness (QED) is 0.0768. The summed E-state index contributed by atoms with van der Waals surface area (Å²) in [5.74, 6) is 3.30. The number of esters is 2. The van der Waals surface area contributed by atoms with Crippen LogP contribution in [-0.2, 0) is 38.2 Å². The van der Waals surface area contributed by atoms with Crippen LogP contribution in [0, 0.1) is 23.2 Å². The number of hydrogen-bond acceptors (Lipinski definition) is 15. The molecule has 3 heterocycles. The molecule has 2 fully saturated rings. The zero-order valence-electron chi connectivity index (χ0n) is 31.8. The third kappa shape index (κ3) is 10.5. The lowest BCUT2D eigenvalue weighted by atomic mass is 9.97. The van der Waals surface area contributed by atoms with Gasteiger partial charge in [0, 0.05) is 19.5 Å². The number of carbonyl (C=O) groups excluding carboxylic acids is 5. The third-order valence-corrected chi connectivity index (χ3v) is 9.87. The maximum atomic E-state index is 13.7. The minimum atomic E-state index is -1.28. The minimum Gasteiger partial charge on any atom is -0.483 e. The monoisotopic (exact) mass is 816 g/mol. The number of aromatic nitrogens is 4. The van der Waals surface area contributed by atoms with Gasteiger partial charge in [-0.05, 0) is 65.0 Å². The molecule has 3 aromatic heterocycles. The van der Waals surface area contributed by atoms with Crippen LogP contribution in [0.5, 0.6) is 0 Å². The number of fused-ring (bicyclic) bond motifs is 2. The molecule has 5 rings (SSSR count). The number of imidazole rings is 1. The van der Waals surface area contributed by atoms with Crippen molar-refractivity contribution in [2.75, 3.05) is 73.3 Å². The van der Waals surface area contributed by atoms with Gasteiger partial charge in [-0.15, -0.1) is 11.3 Å². The van der Waals surface area contributed by atoms with Crippen LogP contribution in [-0.4, -0.2) is 151 Å². The van der Waals surface area contributed by atoms with Gasteiger partial charge in [0.05, 0.1) is 40.1 Å². The van der Waals surface area contributed by atoms with E-state index in [9.17, 15) is 24.0 Å². The van der Waals surface area contributed by atoms with Crippen molar-refractivity contribution >= 4 is 76.1 Å². The summed E-state index contributed by atoms with van der Waals surface area (Å²) in [5, 5.41) is 17.9. The molecule has 21 heteroatoms. The molecule has 5 atom stereocenters. The van der Waals surface area contributed by atoms with Crippen LogP contribution in [0.2, 0.25) is 4.34 Å². The van der Waals surface area contributed by atoms with Crippen molar-refractivity contribution in [3.05, 3.63) is 33.5 Å². The molecule has 19 nitrogen and oxygen atoms in total. The number of hydrogen-bond donors (Lipinski definition) is 5. The van der Waals surface area contributed by atoms with Crippen molar-refractivity contribution in [2.24, 2.45) is 11.3 Å². The van der Waals surface area contributed by atoms with Gasteiger partial charge < -0.3 is 50.2 Å². The number of carbonyl (C=O) groups is 6. The van der Waals surface area contributed by atoms with Gasteiger partial charge in [-0.25, -0.2) is 15.0 Å². The van der Waals surface area contributed by atoms with Crippen LogP contribution in [0.1, 0.15) is 36.5 Å². The predicted molar refractivity (Wildman–Crippen MR) is 205 cm³/mol. The summed E-state index contributed by atoms with van der Waals surface area (Å²) >= 11 is 7.41. The molecule has 2 aliphatic rings. The summed E-state index contributed by atoms with van der Waals surface area (Å²) in [7, 11) is 8.32. The topological polar surface area (TPSA) is 239 Å². The molecule has 2 saturated carbocycles. The number of halogens is 1. The second kappa shape index (κ2) is 19.5. The Morgan fingerprint density at radius 3 is 2.21 bits per heavy atom. The van der Waals surface area contributed by atoms with Crippen LogP contribution in [0.4, 0.5) is 5.82 Å². The number of nitrogens with zero attached hydrogens (tertiary/aromatic N) is 6. The first-order valence-corrected chi connectivity index (χ1v) is 18.7. The minimum absolute atomic E-state index is 0.0425. The second-order valence-corrected chi connectivity index (χ2v) is 15.1. The number of amides is 3. The van der Waals surface area contributed by atoms with E-state index < -0.39 is 72.3 Å². The van der Waals surface area contributed by atoms with Gasteiger partial charge in [-0.1, -0.05) is 18.5 Å². The first-order chi connectivity index (χ1) is 26.7. The average Bonchev–Trinajstić information content (AvgIpc) is 3.36. The van der Waals surface area contributed by atoms with Crippen molar-refractivity contribution in [3.8, 4) is 11.8 Å². The molecule has 3 amide bonds. The molecule has 5 N–H and O–H groups in total. The summed E-state index contributed by atoms with van der Waals surface area (Å²) in [6.07, 6.45) is 0.111. The van der Waals surface area contributed by atoms with Gasteiger partial charge in [-0.3, -0.25) is 28.8 Å². The Kier molecular flexibility index (Phi) is 15.1. The largest absolute Gasteiger partial charge is 0.483 e. The lowest BCUT2D eigenvalue weighted by Gasteiger charge is -2.31. The van der Waals surface area contributed by atoms with E-state index in [1.807, 2.05) is 6.92 Å². The highest BCUT2D eigenvalue weighted by Crippen LogP contribution is 2.69. The van der Waals surface area contributed by atoms with Crippen LogP contribution in [0.15, 0.2) is 18.5 Å². The lowest BCUT2D eigenvalue weighted by molar-refractivity contribution is -0.173. The summed E-state index contributed by atoms with van der Waals surface area (Å²) in [6, 6.07) is 2.74. The van der Waals surface area contributed by atoms with Gasteiger partial charge in [0.1, 0.15) is 13.1 Å². The second-order valence-electron chi connectivity index (χ2n) is 13.4. The lowest BCUT2D eigenvalue weighted by Crippen LogP contribution is -2.48. The van der Waals surface area contributed by atoms with E-state index in [0.717, 1.165) is 6.42 Å². The van der Waals surface area contributed by atoms with Crippen molar-refractivity contribution < 1.29 is 43.3 Å². The van der Waals surface area contributed by atoms with E-state index >= 15 is 0 Å². The molecule has 0 bridgehead atoms. The normalized spacial score (nSPS) is 20.4. The van der Waals surface area contributed by atoms with Crippen molar-refractivity contribution in [2.45, 2.75) is 38.0 Å². The average molecular weight is 817 g/mol. The smallest absolute Gasteiger partial charge is 0.325 e. The Morgan fingerprint density at radius 1 is 1.04 bits per heavy atom. The van der Waals surface area contributed by atoms with E-state index in [2.05, 4.69) is 43.1 Å². The number of anilines is 1. The first-order valence-electron chi connectivity index (χ1n) is 17.5. The Hall–Kier alpha value is -5.36. The van der Waals surface area contributed by atoms with Gasteiger partial charge >= 0.3 is 11.9 Å². The standard InChI is InChI=1S/C34H43ClN10O7S.CH2O2/c1-7-12-37-31-27-32(42-22(41-31)11-9-19-8-10-21(35)53-19)45(18-40-27)28-20-13-34(20,33(50)36-2)30(52-26(49)15-39-24(47)17-44(5)6)29(28)51-25(48)14-38-23(46)16-43(3)4;2-1-3/h8,10,18,20,28-30H,7,12-17H2,1-6H3,(H,36,50)(H,38,46)(H,39,47)(H,37,41,42);1H,(H,2,3)/t20-,28-,29+,30+,34+;/m1./s1. The number of carboxylic acid groups (broad SMARTS) is 1. The highest BCUT2D eigenvalue weighted by molar-refractivity contribution is 7.16. The molecule has 0 saturated heterocycles. The van der Waals surface area contributed by atoms with E-state index in [4.69, 9.17) is 36.0 Å². The molecule has 0 radical (unpaired) electrons. The number of likely N-dealkylation sites (N-methyl/N-ethyl adjacent to an activating group) is 2. The van der Waals surface area contributed by atoms with Gasteiger partial charge in [0.15, 0.2) is 29.2 Å². The zero-order chi connectivity index (χ0) is 41.2. The fourth-order valence-corrected chi connectivity index (χ4v) is 7.40. The maximum absolute atomic E-state index is 13.7. The fourth-order valence-electron chi connectivity index (χ4n) is 6.50. The molecule has 0 aliphatic heterocycles. The number of nitrogens with one attached hydrogen (secondary N) is 4.